The van der Waals surface area contributed by atoms with E-state index in [1.54, 1.807) is 41.5 Å². The number of esters is 3. The highest BCUT2D eigenvalue weighted by molar-refractivity contribution is 5.81. The van der Waals surface area contributed by atoms with Gasteiger partial charge in [0.05, 0.1) is 19.3 Å². The number of carbonyl (C=O) groups excluding carboxylic acids is 5. The van der Waals surface area contributed by atoms with E-state index in [9.17, 15) is 32.3 Å². The Morgan fingerprint density at radius 3 is 1.52 bits per heavy atom. The molecule has 0 heterocycles. The van der Waals surface area contributed by atoms with Crippen LogP contribution in [0, 0.1) is 0 Å². The van der Waals surface area contributed by atoms with Gasteiger partial charge in [0.1, 0.15) is 36.3 Å². The first-order chi connectivity index (χ1) is 21.9. The summed E-state index contributed by atoms with van der Waals surface area (Å²) in [6, 6.07) is -0.438. The Morgan fingerprint density at radius 1 is 0.792 bits per heavy atom. The highest BCUT2D eigenvalue weighted by Gasteiger charge is 2.29. The summed E-state index contributed by atoms with van der Waals surface area (Å²) in [6.45, 7) is 12.3. The minimum atomic E-state index is -5.19. The second-order valence-corrected chi connectivity index (χ2v) is 11.8. The zero-order valence-electron chi connectivity index (χ0n) is 28.3. The van der Waals surface area contributed by atoms with E-state index in [2.05, 4.69) is 31.1 Å². The number of carboxylic acids is 1. The molecule has 0 bridgehead atoms. The molecule has 21 heteroatoms. The van der Waals surface area contributed by atoms with E-state index in [1.807, 2.05) is 6.92 Å². The highest BCUT2D eigenvalue weighted by atomic mass is 19.4. The zero-order valence-corrected chi connectivity index (χ0v) is 28.3. The number of amides is 1. The van der Waals surface area contributed by atoms with Crippen molar-refractivity contribution in [2.24, 2.45) is 10.2 Å². The molecule has 0 aliphatic heterocycles. The Balaban J connectivity index is -0.000000795. The Bertz CT molecular complexity index is 1100. The van der Waals surface area contributed by atoms with Crippen molar-refractivity contribution < 1.29 is 66.9 Å². The molecule has 18 nitrogen and oxygen atoms in total. The SMILES string of the molecule is CC(C)(C)OC(=O)N[C@@H](CCCCOC(=O)CN=[N+]=[N-])C(=O)OC(C)(C)C.C[C@@H]([NH3+])CCCCOC(=O)CN=[N+]=[N-].O=C([O-])C(F)(F)F. The maximum absolute atomic E-state index is 12.3. The lowest BCUT2D eigenvalue weighted by molar-refractivity contribution is -0.415. The maximum Gasteiger partial charge on any atom is 0.430 e. The normalized spacial score (nSPS) is 12.0. The Kier molecular flexibility index (Phi) is 25.5. The second-order valence-electron chi connectivity index (χ2n) is 11.8. The van der Waals surface area contributed by atoms with Gasteiger partial charge in [0, 0.05) is 9.82 Å². The van der Waals surface area contributed by atoms with Gasteiger partial charge in [-0.2, -0.15) is 13.2 Å². The molecule has 0 fully saturated rings. The number of rotatable bonds is 16. The van der Waals surface area contributed by atoms with Crippen LogP contribution in [0.2, 0.25) is 0 Å². The third-order valence-corrected chi connectivity index (χ3v) is 4.64. The molecule has 0 rings (SSSR count). The van der Waals surface area contributed by atoms with Crippen LogP contribution in [0.5, 0.6) is 0 Å². The number of hydrogen-bond donors (Lipinski definition) is 2. The minimum Gasteiger partial charge on any atom is -0.542 e. The van der Waals surface area contributed by atoms with E-state index in [0.717, 1.165) is 19.3 Å². The number of alkyl carbamates (subject to hydrolysis) is 1. The number of nitrogens with zero attached hydrogens (tertiary/aromatic N) is 6. The summed E-state index contributed by atoms with van der Waals surface area (Å²) >= 11 is 0. The van der Waals surface area contributed by atoms with Crippen molar-refractivity contribution in [1.29, 1.82) is 0 Å². The van der Waals surface area contributed by atoms with Crippen molar-refractivity contribution in [3.63, 3.8) is 0 Å². The fourth-order valence-corrected chi connectivity index (χ4v) is 2.76. The van der Waals surface area contributed by atoms with Crippen LogP contribution < -0.4 is 16.2 Å². The number of nitrogens with one attached hydrogen (secondary N) is 1. The van der Waals surface area contributed by atoms with Crippen LogP contribution >= 0.6 is 0 Å². The molecular weight excluding hydrogens is 653 g/mol. The number of aliphatic carboxylic acids is 1. The van der Waals surface area contributed by atoms with Gasteiger partial charge in [-0.1, -0.05) is 10.2 Å². The second kappa shape index (κ2) is 25.6. The van der Waals surface area contributed by atoms with Crippen LogP contribution in [-0.4, -0.2) is 85.7 Å². The molecule has 4 N–H and O–H groups in total. The van der Waals surface area contributed by atoms with Crippen LogP contribution in [0.1, 0.15) is 87.0 Å². The van der Waals surface area contributed by atoms with Crippen molar-refractivity contribution in [2.75, 3.05) is 26.3 Å². The first kappa shape index (κ1) is 47.9. The topological polar surface area (TPSA) is 283 Å². The van der Waals surface area contributed by atoms with Gasteiger partial charge in [-0.15, -0.1) is 0 Å². The van der Waals surface area contributed by atoms with Crippen molar-refractivity contribution in [3.05, 3.63) is 20.9 Å². The van der Waals surface area contributed by atoms with E-state index >= 15 is 0 Å². The number of carboxylic acid groups (broad SMARTS) is 1. The average Bonchev–Trinajstić information content (AvgIpc) is 2.92. The Morgan fingerprint density at radius 2 is 1.19 bits per heavy atom. The van der Waals surface area contributed by atoms with Crippen molar-refractivity contribution >= 4 is 30.0 Å². The molecule has 0 radical (unpaired) electrons. The molecule has 0 aromatic heterocycles. The molecule has 2 atom stereocenters. The van der Waals surface area contributed by atoms with Gasteiger partial charge in [0.2, 0.25) is 0 Å². The quantitative estimate of drug-likeness (QED) is 0.0592. The largest absolute Gasteiger partial charge is 0.542 e. The van der Waals surface area contributed by atoms with Crippen LogP contribution in [0.3, 0.4) is 0 Å². The minimum absolute atomic E-state index is 0.118. The monoisotopic (exact) mass is 700 g/mol. The first-order valence-corrected chi connectivity index (χ1v) is 14.6. The number of quaternary nitrogens is 1. The Labute approximate surface area is 276 Å². The van der Waals surface area contributed by atoms with Gasteiger partial charge in [0.25, 0.3) is 0 Å². The van der Waals surface area contributed by atoms with E-state index in [0.29, 0.717) is 31.9 Å². The van der Waals surface area contributed by atoms with Crippen LogP contribution in [0.4, 0.5) is 18.0 Å². The van der Waals surface area contributed by atoms with E-state index in [4.69, 9.17) is 39.9 Å². The molecule has 276 valence electrons. The van der Waals surface area contributed by atoms with Crippen LogP contribution in [0.15, 0.2) is 10.2 Å². The number of alkyl halides is 3. The smallest absolute Gasteiger partial charge is 0.430 e. The third kappa shape index (κ3) is 36.0. The van der Waals surface area contributed by atoms with Gasteiger partial charge in [-0.05, 0) is 98.1 Å². The molecule has 0 aliphatic rings. The van der Waals surface area contributed by atoms with Gasteiger partial charge in [-0.25, -0.2) is 9.59 Å². The van der Waals surface area contributed by atoms with Crippen LogP contribution in [-0.2, 0) is 38.1 Å². The Hall–Kier alpha value is -4.48. The fraction of sp³-hybridized carbons (Fsp3) is 0.815. The molecule has 1 amide bonds. The van der Waals surface area contributed by atoms with Crippen LogP contribution in [0.25, 0.3) is 20.9 Å². The predicted molar refractivity (Wildman–Crippen MR) is 160 cm³/mol. The molecule has 0 saturated carbocycles. The number of azide groups is 2. The van der Waals surface area contributed by atoms with Crippen molar-refractivity contribution in [3.8, 4) is 0 Å². The number of unbranched alkanes of at least 4 members (excludes halogenated alkanes) is 2. The summed E-state index contributed by atoms with van der Waals surface area (Å²) in [7, 11) is 0. The van der Waals surface area contributed by atoms with Gasteiger partial charge < -0.3 is 39.9 Å². The lowest BCUT2D eigenvalue weighted by Crippen LogP contribution is -2.58. The highest BCUT2D eigenvalue weighted by Crippen LogP contribution is 2.14. The van der Waals surface area contributed by atoms with Gasteiger partial charge >= 0.3 is 30.2 Å². The van der Waals surface area contributed by atoms with E-state index < -0.39 is 53.4 Å². The zero-order chi connectivity index (χ0) is 38.0. The lowest BCUT2D eigenvalue weighted by Gasteiger charge is -2.26. The lowest BCUT2D eigenvalue weighted by atomic mass is 10.1. The summed E-state index contributed by atoms with van der Waals surface area (Å²) in [5.41, 5.74) is 18.5. The molecule has 0 unspecified atom stereocenters. The molecule has 0 spiro atoms. The third-order valence-electron chi connectivity index (χ3n) is 4.64. The molecule has 0 aromatic rings. The maximum atomic E-state index is 12.3. The van der Waals surface area contributed by atoms with E-state index in [-0.39, 0.29) is 19.7 Å². The standard InChI is InChI=1S/C17H30N4O6.C8H16N4O2.C2HF3O2/c1-16(2,3)26-14(23)12(20-15(24)27-17(4,5)6)9-7-8-10-25-13(22)11-19-21-18;1-7(9)4-2-3-5-14-8(13)6-11-12-10;3-2(4,5)1(6)7/h12H,7-11H2,1-6H3,(H,20,24);7H,2-6,9H2,1H3;(H,6,7)/t12-;7-;/m01./s1. The van der Waals surface area contributed by atoms with Gasteiger partial charge in [-0.3, -0.25) is 9.59 Å². The predicted octanol–water partition coefficient (Wildman–Crippen LogP) is 3.18. The summed E-state index contributed by atoms with van der Waals surface area (Å²) in [6.07, 6.45) is -1.78. The summed E-state index contributed by atoms with van der Waals surface area (Å²) in [5.74, 6) is -4.66. The molecule has 48 heavy (non-hydrogen) atoms. The summed E-state index contributed by atoms with van der Waals surface area (Å²) in [5, 5.41) is 17.5. The molecule has 0 aromatic carbocycles. The molecule has 0 aliphatic carbocycles. The number of ether oxygens (including phenoxy) is 4. The molecular formula is C27H47F3N8O10. The number of hydrogen-bond acceptors (Lipinski definition) is 12. The van der Waals surface area contributed by atoms with Crippen molar-refractivity contribution in [1.82, 2.24) is 5.32 Å². The van der Waals surface area contributed by atoms with Gasteiger partial charge in [0.15, 0.2) is 0 Å². The number of carbonyl (C=O) groups is 5. The fourth-order valence-electron chi connectivity index (χ4n) is 2.76. The average molecular weight is 701 g/mol. The first-order valence-electron chi connectivity index (χ1n) is 14.6. The molecule has 0 saturated heterocycles. The summed E-state index contributed by atoms with van der Waals surface area (Å²) in [4.78, 5) is 60.0. The van der Waals surface area contributed by atoms with Crippen molar-refractivity contribution in [2.45, 2.75) is 116 Å². The van der Waals surface area contributed by atoms with E-state index in [1.165, 1.54) is 0 Å². The summed E-state index contributed by atoms with van der Waals surface area (Å²) < 4.78 is 51.7. The number of halogens is 3.